The van der Waals surface area contributed by atoms with Crippen LogP contribution in [0.15, 0.2) is 60.9 Å². The summed E-state index contributed by atoms with van der Waals surface area (Å²) in [5.74, 6) is 2.58. The molecule has 1 N–H and O–H groups in total. The first-order chi connectivity index (χ1) is 12.7. The zero-order chi connectivity index (χ0) is 18.2. The molecule has 1 aromatic heterocycles. The normalized spacial score (nSPS) is 12.1. The SMILES string of the molecule is CCCC(NCCc1ncn(C)n1)c1ccc(Oc2ccccc2)cc1. The van der Waals surface area contributed by atoms with Gasteiger partial charge in [-0.15, -0.1) is 0 Å². The van der Waals surface area contributed by atoms with Gasteiger partial charge in [0.25, 0.3) is 0 Å². The van der Waals surface area contributed by atoms with E-state index in [4.69, 9.17) is 4.74 Å². The monoisotopic (exact) mass is 350 g/mol. The zero-order valence-corrected chi connectivity index (χ0v) is 15.4. The molecule has 1 heterocycles. The number of ether oxygens (including phenoxy) is 1. The number of benzene rings is 2. The summed E-state index contributed by atoms with van der Waals surface area (Å²) < 4.78 is 7.62. The minimum atomic E-state index is 0.328. The summed E-state index contributed by atoms with van der Waals surface area (Å²) in [4.78, 5) is 4.28. The molecule has 3 rings (SSSR count). The van der Waals surface area contributed by atoms with Crippen LogP contribution in [-0.2, 0) is 13.5 Å². The van der Waals surface area contributed by atoms with Gasteiger partial charge in [-0.25, -0.2) is 4.98 Å². The molecule has 0 saturated carbocycles. The van der Waals surface area contributed by atoms with Crippen LogP contribution in [0.1, 0.15) is 37.2 Å². The first kappa shape index (κ1) is 18.1. The van der Waals surface area contributed by atoms with Gasteiger partial charge in [0.15, 0.2) is 5.82 Å². The van der Waals surface area contributed by atoms with Crippen molar-refractivity contribution in [3.8, 4) is 11.5 Å². The molecule has 0 fully saturated rings. The maximum absolute atomic E-state index is 5.88. The molecule has 1 unspecified atom stereocenters. The fourth-order valence-electron chi connectivity index (χ4n) is 2.92. The van der Waals surface area contributed by atoms with Crippen LogP contribution in [0.3, 0.4) is 0 Å². The average Bonchev–Trinajstić information content (AvgIpc) is 3.08. The van der Waals surface area contributed by atoms with Crippen LogP contribution in [0.25, 0.3) is 0 Å². The molecule has 0 bridgehead atoms. The summed E-state index contributed by atoms with van der Waals surface area (Å²) in [6.07, 6.45) is 4.79. The van der Waals surface area contributed by atoms with E-state index in [9.17, 15) is 0 Å². The Balaban J connectivity index is 1.58. The predicted molar refractivity (Wildman–Crippen MR) is 103 cm³/mol. The topological polar surface area (TPSA) is 52.0 Å². The van der Waals surface area contributed by atoms with Crippen LogP contribution in [0.5, 0.6) is 11.5 Å². The first-order valence-electron chi connectivity index (χ1n) is 9.15. The van der Waals surface area contributed by atoms with Crippen LogP contribution >= 0.6 is 0 Å². The van der Waals surface area contributed by atoms with Gasteiger partial charge in [-0.2, -0.15) is 5.10 Å². The van der Waals surface area contributed by atoms with E-state index in [0.29, 0.717) is 6.04 Å². The molecule has 0 spiro atoms. The van der Waals surface area contributed by atoms with Crippen LogP contribution in [0.2, 0.25) is 0 Å². The van der Waals surface area contributed by atoms with Crippen LogP contribution in [0, 0.1) is 0 Å². The Hall–Kier alpha value is -2.66. The Morgan fingerprint density at radius 2 is 1.77 bits per heavy atom. The van der Waals surface area contributed by atoms with Gasteiger partial charge in [-0.1, -0.05) is 43.7 Å². The molecule has 0 radical (unpaired) electrons. The predicted octanol–water partition coefficient (Wildman–Crippen LogP) is 4.28. The molecule has 136 valence electrons. The van der Waals surface area contributed by atoms with Crippen LogP contribution < -0.4 is 10.1 Å². The zero-order valence-electron chi connectivity index (χ0n) is 15.4. The average molecular weight is 350 g/mol. The van der Waals surface area contributed by atoms with Crippen molar-refractivity contribution in [2.45, 2.75) is 32.2 Å². The van der Waals surface area contributed by atoms with Gasteiger partial charge in [0.05, 0.1) is 0 Å². The molecule has 0 saturated heterocycles. The largest absolute Gasteiger partial charge is 0.457 e. The van der Waals surface area contributed by atoms with Crippen molar-refractivity contribution in [3.63, 3.8) is 0 Å². The molecule has 1 atom stereocenters. The minimum absolute atomic E-state index is 0.328. The van der Waals surface area contributed by atoms with E-state index in [1.807, 2.05) is 49.5 Å². The number of nitrogens with zero attached hydrogens (tertiary/aromatic N) is 3. The second-order valence-electron chi connectivity index (χ2n) is 6.36. The van der Waals surface area contributed by atoms with Crippen molar-refractivity contribution in [1.29, 1.82) is 0 Å². The highest BCUT2D eigenvalue weighted by Gasteiger charge is 2.11. The van der Waals surface area contributed by atoms with Gasteiger partial charge in [0.2, 0.25) is 0 Å². The number of nitrogens with one attached hydrogen (secondary N) is 1. The minimum Gasteiger partial charge on any atom is -0.457 e. The molecular weight excluding hydrogens is 324 g/mol. The van der Waals surface area contributed by atoms with Gasteiger partial charge in [0.1, 0.15) is 17.8 Å². The molecule has 0 amide bonds. The van der Waals surface area contributed by atoms with Gasteiger partial charge in [-0.05, 0) is 36.2 Å². The molecule has 0 aliphatic carbocycles. The smallest absolute Gasteiger partial charge is 0.151 e. The van der Waals surface area contributed by atoms with E-state index in [1.165, 1.54) is 5.56 Å². The molecule has 5 nitrogen and oxygen atoms in total. The number of aromatic nitrogens is 3. The maximum atomic E-state index is 5.88. The summed E-state index contributed by atoms with van der Waals surface area (Å²) >= 11 is 0. The summed E-state index contributed by atoms with van der Waals surface area (Å²) in [5.41, 5.74) is 1.28. The fraction of sp³-hybridized carbons (Fsp3) is 0.333. The number of hydrogen-bond donors (Lipinski definition) is 1. The van der Waals surface area contributed by atoms with E-state index >= 15 is 0 Å². The third kappa shape index (κ3) is 5.17. The molecule has 2 aromatic carbocycles. The highest BCUT2D eigenvalue weighted by atomic mass is 16.5. The highest BCUT2D eigenvalue weighted by Crippen LogP contribution is 2.25. The Morgan fingerprint density at radius 1 is 1.04 bits per heavy atom. The van der Waals surface area contributed by atoms with E-state index < -0.39 is 0 Å². The lowest BCUT2D eigenvalue weighted by atomic mass is 10.0. The third-order valence-electron chi connectivity index (χ3n) is 4.23. The van der Waals surface area contributed by atoms with Crippen molar-refractivity contribution in [1.82, 2.24) is 20.1 Å². The molecular formula is C21H26N4O. The van der Waals surface area contributed by atoms with Gasteiger partial charge in [-0.3, -0.25) is 4.68 Å². The van der Waals surface area contributed by atoms with E-state index in [2.05, 4.69) is 34.5 Å². The first-order valence-corrected chi connectivity index (χ1v) is 9.15. The third-order valence-corrected chi connectivity index (χ3v) is 4.23. The van der Waals surface area contributed by atoms with Crippen LogP contribution in [-0.4, -0.2) is 21.3 Å². The maximum Gasteiger partial charge on any atom is 0.151 e. The number of rotatable bonds is 9. The lowest BCUT2D eigenvalue weighted by molar-refractivity contribution is 0.477. The molecule has 0 aliphatic heterocycles. The Bertz CT molecular complexity index is 783. The summed E-state index contributed by atoms with van der Waals surface area (Å²) in [7, 11) is 1.89. The second-order valence-corrected chi connectivity index (χ2v) is 6.36. The molecule has 0 aliphatic rings. The van der Waals surface area contributed by atoms with Gasteiger partial charge >= 0.3 is 0 Å². The Kier molecular flexibility index (Phi) is 6.39. The standard InChI is InChI=1S/C21H26N4O/c1-3-7-20(22-15-14-21-23-16-25(2)24-21)17-10-12-19(13-11-17)26-18-8-5-4-6-9-18/h4-6,8-13,16,20,22H,3,7,14-15H2,1-2H3. The quantitative estimate of drug-likeness (QED) is 0.626. The van der Waals surface area contributed by atoms with Crippen molar-refractivity contribution in [3.05, 3.63) is 72.3 Å². The Morgan fingerprint density at radius 3 is 2.42 bits per heavy atom. The molecule has 3 aromatic rings. The second kappa shape index (κ2) is 9.15. The number of para-hydroxylation sites is 1. The Labute approximate surface area is 155 Å². The number of hydrogen-bond acceptors (Lipinski definition) is 4. The fourth-order valence-corrected chi connectivity index (χ4v) is 2.92. The van der Waals surface area contributed by atoms with Crippen molar-refractivity contribution in [2.24, 2.45) is 7.05 Å². The summed E-state index contributed by atoms with van der Waals surface area (Å²) in [6.45, 7) is 3.07. The van der Waals surface area contributed by atoms with Crippen molar-refractivity contribution >= 4 is 0 Å². The van der Waals surface area contributed by atoms with Gasteiger partial charge < -0.3 is 10.1 Å². The van der Waals surface area contributed by atoms with Gasteiger partial charge in [0, 0.05) is 26.1 Å². The molecule has 5 heteroatoms. The lowest BCUT2D eigenvalue weighted by Crippen LogP contribution is -2.24. The lowest BCUT2D eigenvalue weighted by Gasteiger charge is -2.19. The van der Waals surface area contributed by atoms with E-state index in [0.717, 1.165) is 43.1 Å². The summed E-state index contributed by atoms with van der Waals surface area (Å²) in [5, 5.41) is 7.96. The van der Waals surface area contributed by atoms with Crippen molar-refractivity contribution in [2.75, 3.05) is 6.54 Å². The van der Waals surface area contributed by atoms with Crippen LogP contribution in [0.4, 0.5) is 0 Å². The van der Waals surface area contributed by atoms with E-state index in [-0.39, 0.29) is 0 Å². The van der Waals surface area contributed by atoms with E-state index in [1.54, 1.807) is 11.0 Å². The summed E-state index contributed by atoms with van der Waals surface area (Å²) in [6, 6.07) is 18.5. The number of aryl methyl sites for hydroxylation is 1. The van der Waals surface area contributed by atoms with Crippen molar-refractivity contribution < 1.29 is 4.74 Å². The highest BCUT2D eigenvalue weighted by molar-refractivity contribution is 5.34. The molecule has 26 heavy (non-hydrogen) atoms.